The first kappa shape index (κ1) is 20.1. The van der Waals surface area contributed by atoms with Gasteiger partial charge in [-0.05, 0) is 67.6 Å². The van der Waals surface area contributed by atoms with E-state index in [0.717, 1.165) is 17.7 Å². The van der Waals surface area contributed by atoms with Crippen LogP contribution in [0.2, 0.25) is 5.02 Å². The smallest absolute Gasteiger partial charge is 0.238 e. The zero-order valence-corrected chi connectivity index (χ0v) is 17.3. The van der Waals surface area contributed by atoms with Crippen LogP contribution in [0.4, 0.5) is 16.0 Å². The molecule has 0 saturated carbocycles. The van der Waals surface area contributed by atoms with Crippen LogP contribution in [0.3, 0.4) is 0 Å². The van der Waals surface area contributed by atoms with Crippen molar-refractivity contribution in [3.8, 4) is 11.5 Å². The summed E-state index contributed by atoms with van der Waals surface area (Å²) in [6, 6.07) is 18.6. The molecule has 0 unspecified atom stereocenters. The SMILES string of the molecule is Cc1cccc(-c2nc(S(=O)(=O)c3ccc(F)cc3)c(Nc3ccc(Cl)cc3)o2)c1. The average Bonchev–Trinajstić information content (AvgIpc) is 3.15. The fourth-order valence-corrected chi connectivity index (χ4v) is 4.24. The van der Waals surface area contributed by atoms with Gasteiger partial charge in [0, 0.05) is 16.3 Å². The molecule has 0 aliphatic rings. The van der Waals surface area contributed by atoms with Gasteiger partial charge in [0.1, 0.15) is 5.82 Å². The maximum Gasteiger partial charge on any atom is 0.238 e. The second-order valence-electron chi connectivity index (χ2n) is 6.61. The standard InChI is InChI=1S/C22H16ClFN2O3S/c1-14-3-2-4-15(13-14)20-26-22(30(27,28)19-11-7-17(24)8-12-19)21(29-20)25-18-9-5-16(23)6-10-18/h2-13,25H,1H3. The number of anilines is 2. The normalized spacial score (nSPS) is 11.4. The van der Waals surface area contributed by atoms with Crippen LogP contribution in [0.15, 0.2) is 87.1 Å². The Bertz CT molecular complexity index is 1300. The van der Waals surface area contributed by atoms with Crippen molar-refractivity contribution in [2.24, 2.45) is 0 Å². The third-order valence-corrected chi connectivity index (χ3v) is 6.27. The molecule has 5 nitrogen and oxygen atoms in total. The van der Waals surface area contributed by atoms with Crippen LogP contribution in [0.1, 0.15) is 5.56 Å². The van der Waals surface area contributed by atoms with Gasteiger partial charge in [-0.15, -0.1) is 0 Å². The van der Waals surface area contributed by atoms with Crippen LogP contribution in [-0.4, -0.2) is 13.4 Å². The molecule has 0 bridgehead atoms. The molecule has 0 fully saturated rings. The Morgan fingerprint density at radius 1 is 1.00 bits per heavy atom. The van der Waals surface area contributed by atoms with Crippen molar-refractivity contribution in [3.63, 3.8) is 0 Å². The minimum Gasteiger partial charge on any atom is -0.419 e. The summed E-state index contributed by atoms with van der Waals surface area (Å²) in [5, 5.41) is 3.20. The molecule has 0 radical (unpaired) electrons. The molecule has 30 heavy (non-hydrogen) atoms. The number of hydrogen-bond donors (Lipinski definition) is 1. The highest BCUT2D eigenvalue weighted by Gasteiger charge is 2.29. The molecule has 3 aromatic carbocycles. The van der Waals surface area contributed by atoms with E-state index in [4.69, 9.17) is 16.0 Å². The summed E-state index contributed by atoms with van der Waals surface area (Å²) in [5.41, 5.74) is 2.18. The zero-order valence-electron chi connectivity index (χ0n) is 15.8. The molecule has 1 aromatic heterocycles. The minimum absolute atomic E-state index is 0.0434. The third-order valence-electron chi connectivity index (χ3n) is 4.34. The maximum atomic E-state index is 13.3. The van der Waals surface area contributed by atoms with Gasteiger partial charge in [-0.2, -0.15) is 4.98 Å². The number of sulfone groups is 1. The number of oxazole rings is 1. The molecule has 0 amide bonds. The first-order chi connectivity index (χ1) is 14.3. The third kappa shape index (κ3) is 4.08. The summed E-state index contributed by atoms with van der Waals surface area (Å²) in [7, 11) is -4.07. The molecule has 1 N–H and O–H groups in total. The fourth-order valence-electron chi connectivity index (χ4n) is 2.86. The van der Waals surface area contributed by atoms with E-state index in [1.54, 1.807) is 30.3 Å². The van der Waals surface area contributed by atoms with Crippen LogP contribution < -0.4 is 5.32 Å². The number of aromatic nitrogens is 1. The van der Waals surface area contributed by atoms with Gasteiger partial charge in [-0.3, -0.25) is 0 Å². The summed E-state index contributed by atoms with van der Waals surface area (Å²) < 4.78 is 45.5. The van der Waals surface area contributed by atoms with Crippen molar-refractivity contribution >= 4 is 33.0 Å². The summed E-state index contributed by atoms with van der Waals surface area (Å²) in [4.78, 5) is 4.18. The number of nitrogens with one attached hydrogen (secondary N) is 1. The molecule has 0 atom stereocenters. The van der Waals surface area contributed by atoms with Crippen molar-refractivity contribution in [3.05, 3.63) is 89.2 Å². The average molecular weight is 443 g/mol. The molecular formula is C22H16ClFN2O3S. The molecule has 8 heteroatoms. The zero-order chi connectivity index (χ0) is 21.3. The van der Waals surface area contributed by atoms with Gasteiger partial charge in [0.2, 0.25) is 26.6 Å². The molecule has 1 heterocycles. The lowest BCUT2D eigenvalue weighted by atomic mass is 10.1. The first-order valence-corrected chi connectivity index (χ1v) is 10.8. The monoisotopic (exact) mass is 442 g/mol. The van der Waals surface area contributed by atoms with E-state index < -0.39 is 15.7 Å². The molecule has 4 rings (SSSR count). The minimum atomic E-state index is -4.07. The van der Waals surface area contributed by atoms with Crippen molar-refractivity contribution in [2.75, 3.05) is 5.32 Å². The second kappa shape index (κ2) is 7.93. The van der Waals surface area contributed by atoms with E-state index in [9.17, 15) is 12.8 Å². The van der Waals surface area contributed by atoms with E-state index in [1.807, 2.05) is 25.1 Å². The van der Waals surface area contributed by atoms with Crippen molar-refractivity contribution in [2.45, 2.75) is 16.8 Å². The first-order valence-electron chi connectivity index (χ1n) is 8.94. The van der Waals surface area contributed by atoms with Gasteiger partial charge in [-0.25, -0.2) is 12.8 Å². The largest absolute Gasteiger partial charge is 0.419 e. The van der Waals surface area contributed by atoms with Gasteiger partial charge >= 0.3 is 0 Å². The van der Waals surface area contributed by atoms with Gasteiger partial charge < -0.3 is 9.73 Å². The summed E-state index contributed by atoms with van der Waals surface area (Å²) in [6.45, 7) is 1.91. The molecule has 152 valence electrons. The van der Waals surface area contributed by atoms with Crippen molar-refractivity contribution < 1.29 is 17.2 Å². The lowest BCUT2D eigenvalue weighted by molar-refractivity contribution is 0.581. The van der Waals surface area contributed by atoms with E-state index in [1.165, 1.54) is 12.1 Å². The lowest BCUT2D eigenvalue weighted by Crippen LogP contribution is -2.05. The number of rotatable bonds is 5. The van der Waals surface area contributed by atoms with E-state index in [2.05, 4.69) is 10.3 Å². The molecule has 0 spiro atoms. The summed E-state index contributed by atoms with van der Waals surface area (Å²) >= 11 is 5.92. The quantitative estimate of drug-likeness (QED) is 0.383. The van der Waals surface area contributed by atoms with Gasteiger partial charge in [-0.1, -0.05) is 29.3 Å². The topological polar surface area (TPSA) is 72.2 Å². The maximum absolute atomic E-state index is 13.3. The number of halogens is 2. The second-order valence-corrected chi connectivity index (χ2v) is 8.91. The van der Waals surface area contributed by atoms with Gasteiger partial charge in [0.25, 0.3) is 0 Å². The highest BCUT2D eigenvalue weighted by Crippen LogP contribution is 2.34. The van der Waals surface area contributed by atoms with Crippen LogP contribution >= 0.6 is 11.6 Å². The van der Waals surface area contributed by atoms with Gasteiger partial charge in [0.15, 0.2) is 0 Å². The lowest BCUT2D eigenvalue weighted by Gasteiger charge is -2.06. The molecule has 4 aromatic rings. The molecule has 0 saturated heterocycles. The molecule has 0 aliphatic carbocycles. The van der Waals surface area contributed by atoms with Gasteiger partial charge in [0.05, 0.1) is 4.90 Å². The Morgan fingerprint density at radius 3 is 2.37 bits per heavy atom. The molecule has 0 aliphatic heterocycles. The highest BCUT2D eigenvalue weighted by atomic mass is 35.5. The Kier molecular flexibility index (Phi) is 5.32. The molecular weight excluding hydrogens is 427 g/mol. The predicted molar refractivity (Wildman–Crippen MR) is 113 cm³/mol. The number of hydrogen-bond acceptors (Lipinski definition) is 5. The Morgan fingerprint density at radius 2 is 1.70 bits per heavy atom. The van der Waals surface area contributed by atoms with Crippen LogP contribution in [0.25, 0.3) is 11.5 Å². The Labute approximate surface area is 178 Å². The van der Waals surface area contributed by atoms with Crippen molar-refractivity contribution in [1.29, 1.82) is 0 Å². The van der Waals surface area contributed by atoms with Crippen LogP contribution in [-0.2, 0) is 9.84 Å². The number of aryl methyl sites for hydroxylation is 1. The fraction of sp³-hybridized carbons (Fsp3) is 0.0455. The van der Waals surface area contributed by atoms with Crippen LogP contribution in [0, 0.1) is 12.7 Å². The van der Waals surface area contributed by atoms with Crippen molar-refractivity contribution in [1.82, 2.24) is 4.98 Å². The number of benzene rings is 3. The summed E-state index contributed by atoms with van der Waals surface area (Å²) in [5.74, 6) is -0.428. The van der Waals surface area contributed by atoms with E-state index >= 15 is 0 Å². The Balaban J connectivity index is 1.84. The Hall–Kier alpha value is -3.16. The van der Waals surface area contributed by atoms with Crippen LogP contribution in [0.5, 0.6) is 0 Å². The number of nitrogens with zero attached hydrogens (tertiary/aromatic N) is 1. The van der Waals surface area contributed by atoms with E-state index in [-0.39, 0.29) is 21.7 Å². The highest BCUT2D eigenvalue weighted by molar-refractivity contribution is 7.91. The van der Waals surface area contributed by atoms with E-state index in [0.29, 0.717) is 16.3 Å². The summed E-state index contributed by atoms with van der Waals surface area (Å²) in [6.07, 6.45) is 0. The predicted octanol–water partition coefficient (Wildman–Crippen LogP) is 6.02.